The minimum atomic E-state index is -0.101. The van der Waals surface area contributed by atoms with Crippen molar-refractivity contribution in [3.8, 4) is 0 Å². The van der Waals surface area contributed by atoms with Crippen LogP contribution in [0.3, 0.4) is 0 Å². The lowest BCUT2D eigenvalue weighted by atomic mass is 10.2. The van der Waals surface area contributed by atoms with Gasteiger partial charge in [-0.1, -0.05) is 6.07 Å². The third-order valence-corrected chi connectivity index (χ3v) is 3.27. The Hall–Kier alpha value is -1.79. The molecule has 0 aliphatic rings. The summed E-state index contributed by atoms with van der Waals surface area (Å²) in [7, 11) is 0. The first kappa shape index (κ1) is 15.6. The minimum Gasteiger partial charge on any atom is -0.352 e. The number of carbonyl (C=O) groups excluding carboxylic acids is 1. The Bertz CT molecular complexity index is 577. The number of carbonyl (C=O) groups is 1. The number of rotatable bonds is 7. The number of pyridine rings is 2. The van der Waals surface area contributed by atoms with Crippen LogP contribution in [0.1, 0.15) is 22.3 Å². The molecule has 2 aromatic rings. The first-order chi connectivity index (χ1) is 10.3. The molecule has 0 saturated carbocycles. The predicted molar refractivity (Wildman–Crippen MR) is 84.8 cm³/mol. The van der Waals surface area contributed by atoms with Crippen molar-refractivity contribution in [2.75, 3.05) is 13.1 Å². The van der Waals surface area contributed by atoms with Gasteiger partial charge in [0.15, 0.2) is 0 Å². The van der Waals surface area contributed by atoms with Crippen molar-refractivity contribution < 1.29 is 4.79 Å². The molecular weight excluding hydrogens is 332 g/mol. The number of nitrogens with zero attached hydrogens (tertiary/aromatic N) is 2. The molecule has 0 spiro atoms. The number of amides is 1. The van der Waals surface area contributed by atoms with E-state index in [4.69, 9.17) is 0 Å². The van der Waals surface area contributed by atoms with Crippen LogP contribution in [0.25, 0.3) is 0 Å². The minimum absolute atomic E-state index is 0.101. The molecule has 110 valence electrons. The fourth-order valence-electron chi connectivity index (χ4n) is 1.79. The van der Waals surface area contributed by atoms with Crippen LogP contribution >= 0.6 is 15.9 Å². The number of nitrogens with one attached hydrogen (secondary N) is 2. The maximum atomic E-state index is 11.9. The largest absolute Gasteiger partial charge is 0.352 e. The monoisotopic (exact) mass is 348 g/mol. The lowest BCUT2D eigenvalue weighted by Crippen LogP contribution is -2.27. The van der Waals surface area contributed by atoms with Crippen molar-refractivity contribution in [1.82, 2.24) is 20.6 Å². The van der Waals surface area contributed by atoms with Gasteiger partial charge in [-0.15, -0.1) is 0 Å². The van der Waals surface area contributed by atoms with E-state index >= 15 is 0 Å². The van der Waals surface area contributed by atoms with E-state index in [1.54, 1.807) is 24.7 Å². The molecule has 2 N–H and O–H groups in total. The van der Waals surface area contributed by atoms with Gasteiger partial charge < -0.3 is 10.6 Å². The molecule has 0 unspecified atom stereocenters. The Morgan fingerprint density at radius 1 is 1.19 bits per heavy atom. The van der Waals surface area contributed by atoms with E-state index < -0.39 is 0 Å². The normalized spacial score (nSPS) is 10.3. The summed E-state index contributed by atoms with van der Waals surface area (Å²) in [6, 6.07) is 5.70. The van der Waals surface area contributed by atoms with Gasteiger partial charge in [0.05, 0.1) is 5.56 Å². The third kappa shape index (κ3) is 5.61. The van der Waals surface area contributed by atoms with Crippen LogP contribution in [0.4, 0.5) is 0 Å². The fraction of sp³-hybridized carbons (Fsp3) is 0.267. The summed E-state index contributed by atoms with van der Waals surface area (Å²) in [4.78, 5) is 19.9. The van der Waals surface area contributed by atoms with Gasteiger partial charge in [0.25, 0.3) is 5.91 Å². The number of hydrogen-bond donors (Lipinski definition) is 2. The van der Waals surface area contributed by atoms with Crippen LogP contribution in [0.15, 0.2) is 47.5 Å². The average Bonchev–Trinajstić information content (AvgIpc) is 2.51. The highest BCUT2D eigenvalue weighted by Gasteiger charge is 2.05. The molecule has 2 rings (SSSR count). The number of halogens is 1. The number of hydrogen-bond acceptors (Lipinski definition) is 4. The molecule has 0 saturated heterocycles. The summed E-state index contributed by atoms with van der Waals surface area (Å²) in [6.45, 7) is 2.26. The highest BCUT2D eigenvalue weighted by atomic mass is 79.9. The van der Waals surface area contributed by atoms with Crippen LogP contribution in [-0.4, -0.2) is 29.0 Å². The SMILES string of the molecule is O=C(NCCCNCc1cccnc1)c1cncc(Br)c1. The summed E-state index contributed by atoms with van der Waals surface area (Å²) < 4.78 is 0.799. The summed E-state index contributed by atoms with van der Waals surface area (Å²) in [6.07, 6.45) is 7.68. The molecule has 0 aliphatic heterocycles. The summed E-state index contributed by atoms with van der Waals surface area (Å²) in [5, 5.41) is 6.19. The Kier molecular flexibility index (Phi) is 6.30. The first-order valence-corrected chi connectivity index (χ1v) is 7.53. The summed E-state index contributed by atoms with van der Waals surface area (Å²) in [5.74, 6) is -0.101. The van der Waals surface area contributed by atoms with E-state index in [1.807, 2.05) is 18.3 Å². The van der Waals surface area contributed by atoms with Gasteiger partial charge in [-0.2, -0.15) is 0 Å². The molecule has 0 aliphatic carbocycles. The second-order valence-corrected chi connectivity index (χ2v) is 5.46. The van der Waals surface area contributed by atoms with Crippen molar-refractivity contribution in [3.63, 3.8) is 0 Å². The zero-order chi connectivity index (χ0) is 14.9. The standard InChI is InChI=1S/C15H17BrN4O/c16-14-7-13(10-19-11-14)15(21)20-6-2-5-18-9-12-3-1-4-17-8-12/h1,3-4,7-8,10-11,18H,2,5-6,9H2,(H,20,21). The lowest BCUT2D eigenvalue weighted by molar-refractivity contribution is 0.0953. The molecule has 21 heavy (non-hydrogen) atoms. The van der Waals surface area contributed by atoms with Crippen LogP contribution in [0.2, 0.25) is 0 Å². The van der Waals surface area contributed by atoms with Crippen LogP contribution in [0.5, 0.6) is 0 Å². The van der Waals surface area contributed by atoms with Crippen molar-refractivity contribution in [1.29, 1.82) is 0 Å². The van der Waals surface area contributed by atoms with E-state index in [-0.39, 0.29) is 5.91 Å². The Morgan fingerprint density at radius 3 is 2.86 bits per heavy atom. The quantitative estimate of drug-likeness (QED) is 0.752. The zero-order valence-corrected chi connectivity index (χ0v) is 13.1. The van der Waals surface area contributed by atoms with E-state index in [1.165, 1.54) is 0 Å². The molecule has 0 fully saturated rings. The van der Waals surface area contributed by atoms with Gasteiger partial charge in [0.1, 0.15) is 0 Å². The molecule has 6 heteroatoms. The molecule has 5 nitrogen and oxygen atoms in total. The van der Waals surface area contributed by atoms with Gasteiger partial charge in [-0.05, 0) is 46.6 Å². The van der Waals surface area contributed by atoms with Crippen LogP contribution in [-0.2, 0) is 6.54 Å². The third-order valence-electron chi connectivity index (χ3n) is 2.83. The summed E-state index contributed by atoms with van der Waals surface area (Å²) >= 11 is 3.30. The van der Waals surface area contributed by atoms with E-state index in [0.717, 1.165) is 29.5 Å². The van der Waals surface area contributed by atoms with Crippen molar-refractivity contribution in [2.24, 2.45) is 0 Å². The molecule has 0 bridgehead atoms. The molecule has 2 heterocycles. The zero-order valence-electron chi connectivity index (χ0n) is 11.6. The first-order valence-electron chi connectivity index (χ1n) is 6.74. The Balaban J connectivity index is 1.60. The summed E-state index contributed by atoms with van der Waals surface area (Å²) in [5.41, 5.74) is 1.72. The second kappa shape index (κ2) is 8.49. The molecule has 0 aromatic carbocycles. The molecule has 1 amide bonds. The average molecular weight is 349 g/mol. The molecular formula is C15H17BrN4O. The number of aromatic nitrogens is 2. The van der Waals surface area contributed by atoms with Gasteiger partial charge >= 0.3 is 0 Å². The Morgan fingerprint density at radius 2 is 2.10 bits per heavy atom. The van der Waals surface area contributed by atoms with Gasteiger partial charge in [0, 0.05) is 42.3 Å². The Labute approximate surface area is 132 Å². The van der Waals surface area contributed by atoms with Crippen molar-refractivity contribution in [2.45, 2.75) is 13.0 Å². The highest BCUT2D eigenvalue weighted by molar-refractivity contribution is 9.10. The maximum absolute atomic E-state index is 11.9. The van der Waals surface area contributed by atoms with Crippen LogP contribution < -0.4 is 10.6 Å². The van der Waals surface area contributed by atoms with Crippen molar-refractivity contribution >= 4 is 21.8 Å². The van der Waals surface area contributed by atoms with E-state index in [9.17, 15) is 4.79 Å². The molecule has 0 radical (unpaired) electrons. The topological polar surface area (TPSA) is 66.9 Å². The van der Waals surface area contributed by atoms with Crippen LogP contribution in [0, 0.1) is 0 Å². The predicted octanol–water partition coefficient (Wildman–Crippen LogP) is 2.15. The van der Waals surface area contributed by atoms with Gasteiger partial charge in [-0.25, -0.2) is 0 Å². The highest BCUT2D eigenvalue weighted by Crippen LogP contribution is 2.09. The van der Waals surface area contributed by atoms with E-state index in [2.05, 4.69) is 36.5 Å². The smallest absolute Gasteiger partial charge is 0.252 e. The maximum Gasteiger partial charge on any atom is 0.252 e. The van der Waals surface area contributed by atoms with E-state index in [0.29, 0.717) is 12.1 Å². The second-order valence-electron chi connectivity index (χ2n) is 4.54. The lowest BCUT2D eigenvalue weighted by Gasteiger charge is -2.06. The van der Waals surface area contributed by atoms with Gasteiger partial charge in [0.2, 0.25) is 0 Å². The van der Waals surface area contributed by atoms with Crippen molar-refractivity contribution in [3.05, 3.63) is 58.6 Å². The molecule has 0 atom stereocenters. The fourth-order valence-corrected chi connectivity index (χ4v) is 2.15. The molecule has 2 aromatic heterocycles. The van der Waals surface area contributed by atoms with Gasteiger partial charge in [-0.3, -0.25) is 14.8 Å².